The van der Waals surface area contributed by atoms with Crippen LogP contribution < -0.4 is 4.90 Å². The number of rotatable bonds is 4. The van der Waals surface area contributed by atoms with Crippen molar-refractivity contribution in [2.24, 2.45) is 0 Å². The van der Waals surface area contributed by atoms with Gasteiger partial charge in [0.1, 0.15) is 0 Å². The lowest BCUT2D eigenvalue weighted by Crippen LogP contribution is -2.36. The van der Waals surface area contributed by atoms with Gasteiger partial charge in [0, 0.05) is 31.8 Å². The number of hydrogen-bond acceptors (Lipinski definition) is 2. The molecule has 266 valence electrons. The molecule has 1 aliphatic heterocycles. The predicted molar refractivity (Wildman–Crippen MR) is 241 cm³/mol. The molecule has 0 aromatic heterocycles. The maximum atomic E-state index is 2.55. The highest BCUT2D eigenvalue weighted by molar-refractivity contribution is 7.99. The first-order chi connectivity index (χ1) is 28.3. The lowest BCUT2D eigenvalue weighted by molar-refractivity contribution is 0.707. The van der Waals surface area contributed by atoms with Crippen LogP contribution in [0.4, 0.5) is 17.1 Å². The summed E-state index contributed by atoms with van der Waals surface area (Å²) in [5.41, 5.74) is 13.3. The monoisotopic (exact) mass is 741 g/mol. The van der Waals surface area contributed by atoms with Crippen molar-refractivity contribution in [1.29, 1.82) is 0 Å². The van der Waals surface area contributed by atoms with Gasteiger partial charge in [-0.3, -0.25) is 0 Å². The molecule has 1 spiro atoms. The smallest absolute Gasteiger partial charge is 0.0735 e. The van der Waals surface area contributed by atoms with Gasteiger partial charge in [-0.1, -0.05) is 194 Å². The van der Waals surface area contributed by atoms with E-state index in [1.165, 1.54) is 92.3 Å². The Morgan fingerprint density at radius 2 is 0.965 bits per heavy atom. The van der Waals surface area contributed by atoms with Crippen LogP contribution in [0.25, 0.3) is 54.6 Å². The summed E-state index contributed by atoms with van der Waals surface area (Å²) in [6.07, 6.45) is 0. The first-order valence-electron chi connectivity index (χ1n) is 19.7. The standard InChI is InChI=1S/C55H35NS/c1-2-16-37(17-3-1)42-32-30-38-18-6-7-20-41(38)54(42)56(40-31-29-36-15-4-5-19-39(36)35-40)50-34-33-44-43-21-8-9-23-46(43)55(49-26-14-22-45(50)53(44)49)47-24-10-12-27-51(47)57-52-28-13-11-25-48(52)55/h1-35H. The van der Waals surface area contributed by atoms with Crippen molar-refractivity contribution in [3.63, 3.8) is 0 Å². The van der Waals surface area contributed by atoms with E-state index in [-0.39, 0.29) is 0 Å². The molecule has 1 aliphatic carbocycles. The molecule has 1 nitrogen and oxygen atoms in total. The minimum absolute atomic E-state index is 0.497. The number of fused-ring (bicyclic) bond motifs is 10. The van der Waals surface area contributed by atoms with Gasteiger partial charge in [0.15, 0.2) is 0 Å². The first-order valence-corrected chi connectivity index (χ1v) is 20.5. The Kier molecular flexibility index (Phi) is 7.14. The lowest BCUT2D eigenvalue weighted by Gasteiger charge is -2.46. The fourth-order valence-electron chi connectivity index (χ4n) is 9.94. The maximum absolute atomic E-state index is 2.55. The molecule has 0 amide bonds. The topological polar surface area (TPSA) is 3.24 Å². The van der Waals surface area contributed by atoms with Crippen LogP contribution in [0.15, 0.2) is 222 Å². The number of hydrogen-bond donors (Lipinski definition) is 0. The second-order valence-corrected chi connectivity index (χ2v) is 16.2. The van der Waals surface area contributed by atoms with Crippen LogP contribution in [0, 0.1) is 0 Å². The van der Waals surface area contributed by atoms with E-state index in [9.17, 15) is 0 Å². The average molecular weight is 742 g/mol. The van der Waals surface area contributed by atoms with E-state index in [0.29, 0.717) is 0 Å². The summed E-state index contributed by atoms with van der Waals surface area (Å²) in [4.78, 5) is 5.17. The Balaban J connectivity index is 1.24. The molecule has 10 aromatic rings. The number of anilines is 3. The molecule has 10 aromatic carbocycles. The van der Waals surface area contributed by atoms with E-state index in [0.717, 1.165) is 11.4 Å². The molecule has 2 aliphatic rings. The van der Waals surface area contributed by atoms with Crippen LogP contribution in [0.2, 0.25) is 0 Å². The van der Waals surface area contributed by atoms with Crippen molar-refractivity contribution in [3.05, 3.63) is 235 Å². The molecule has 12 rings (SSSR count). The van der Waals surface area contributed by atoms with Crippen LogP contribution in [0.1, 0.15) is 22.3 Å². The molecule has 2 heteroatoms. The second-order valence-electron chi connectivity index (χ2n) is 15.2. The van der Waals surface area contributed by atoms with Gasteiger partial charge in [0.25, 0.3) is 0 Å². The van der Waals surface area contributed by atoms with E-state index >= 15 is 0 Å². The molecule has 0 unspecified atom stereocenters. The molecule has 0 radical (unpaired) electrons. The highest BCUT2D eigenvalue weighted by atomic mass is 32.2. The quantitative estimate of drug-likeness (QED) is 0.177. The molecule has 0 saturated carbocycles. The molecule has 0 bridgehead atoms. The van der Waals surface area contributed by atoms with Gasteiger partial charge in [-0.15, -0.1) is 0 Å². The number of nitrogens with zero attached hydrogens (tertiary/aromatic N) is 1. The van der Waals surface area contributed by atoms with Gasteiger partial charge in [0.2, 0.25) is 0 Å². The minimum atomic E-state index is -0.497. The molecule has 0 N–H and O–H groups in total. The molecule has 0 fully saturated rings. The van der Waals surface area contributed by atoms with Gasteiger partial charge in [-0.25, -0.2) is 0 Å². The Morgan fingerprint density at radius 3 is 1.77 bits per heavy atom. The summed E-state index contributed by atoms with van der Waals surface area (Å²) in [6, 6.07) is 79.1. The normalized spacial score (nSPS) is 13.3. The summed E-state index contributed by atoms with van der Waals surface area (Å²) in [5, 5.41) is 7.39. The molecule has 0 atom stereocenters. The average Bonchev–Trinajstić information content (AvgIpc) is 3.28. The van der Waals surface area contributed by atoms with Crippen molar-refractivity contribution < 1.29 is 0 Å². The summed E-state index contributed by atoms with van der Waals surface area (Å²) >= 11 is 1.89. The van der Waals surface area contributed by atoms with Crippen molar-refractivity contribution in [1.82, 2.24) is 0 Å². The second kappa shape index (κ2) is 12.6. The van der Waals surface area contributed by atoms with E-state index in [1.807, 2.05) is 11.8 Å². The van der Waals surface area contributed by atoms with Gasteiger partial charge in [-0.05, 0) is 90.8 Å². The molecular formula is C55H35NS. The van der Waals surface area contributed by atoms with Gasteiger partial charge in [0.05, 0.1) is 16.8 Å². The van der Waals surface area contributed by atoms with Gasteiger partial charge < -0.3 is 4.90 Å². The molecular weight excluding hydrogens is 707 g/mol. The highest BCUT2D eigenvalue weighted by Crippen LogP contribution is 2.62. The van der Waals surface area contributed by atoms with Crippen LogP contribution in [0.3, 0.4) is 0 Å². The van der Waals surface area contributed by atoms with Gasteiger partial charge >= 0.3 is 0 Å². The first kappa shape index (κ1) is 32.4. The summed E-state index contributed by atoms with van der Waals surface area (Å²) in [5.74, 6) is 0. The zero-order chi connectivity index (χ0) is 37.5. The Bertz CT molecular complexity index is 3190. The summed E-state index contributed by atoms with van der Waals surface area (Å²) in [7, 11) is 0. The van der Waals surface area contributed by atoms with Crippen LogP contribution in [0.5, 0.6) is 0 Å². The fraction of sp³-hybridized carbons (Fsp3) is 0.0182. The third-order valence-corrected chi connectivity index (χ3v) is 13.4. The highest BCUT2D eigenvalue weighted by Gasteiger charge is 2.48. The third-order valence-electron chi connectivity index (χ3n) is 12.3. The zero-order valence-electron chi connectivity index (χ0n) is 31.1. The summed E-state index contributed by atoms with van der Waals surface area (Å²) in [6.45, 7) is 0. The van der Waals surface area contributed by atoms with E-state index in [4.69, 9.17) is 0 Å². The van der Waals surface area contributed by atoms with Crippen LogP contribution >= 0.6 is 11.8 Å². The largest absolute Gasteiger partial charge is 0.309 e. The molecule has 0 saturated heterocycles. The lowest BCUT2D eigenvalue weighted by atomic mass is 9.59. The molecule has 57 heavy (non-hydrogen) atoms. The maximum Gasteiger partial charge on any atom is 0.0735 e. The Labute approximate surface area is 336 Å². The van der Waals surface area contributed by atoms with Crippen molar-refractivity contribution in [3.8, 4) is 22.3 Å². The zero-order valence-corrected chi connectivity index (χ0v) is 31.9. The Hall–Kier alpha value is -6.87. The predicted octanol–water partition coefficient (Wildman–Crippen LogP) is 15.1. The van der Waals surface area contributed by atoms with Gasteiger partial charge in [-0.2, -0.15) is 0 Å². The Morgan fingerprint density at radius 1 is 0.368 bits per heavy atom. The van der Waals surface area contributed by atoms with E-state index in [2.05, 4.69) is 217 Å². The summed E-state index contributed by atoms with van der Waals surface area (Å²) < 4.78 is 0. The third kappa shape index (κ3) is 4.65. The van der Waals surface area contributed by atoms with Crippen molar-refractivity contribution >= 4 is 61.1 Å². The van der Waals surface area contributed by atoms with E-state index in [1.54, 1.807) is 0 Å². The minimum Gasteiger partial charge on any atom is -0.309 e. The molecule has 1 heterocycles. The van der Waals surface area contributed by atoms with Crippen molar-refractivity contribution in [2.75, 3.05) is 4.90 Å². The SMILES string of the molecule is c1ccc(-c2ccc3ccccc3c2N(c2ccc3ccccc3c2)c2ccc3c4c(cccc24)C2(c4ccccc4Sc4ccccc42)c2ccccc2-3)cc1. The van der Waals surface area contributed by atoms with Crippen LogP contribution in [-0.4, -0.2) is 0 Å². The van der Waals surface area contributed by atoms with Crippen molar-refractivity contribution in [2.45, 2.75) is 15.2 Å². The van der Waals surface area contributed by atoms with Crippen LogP contribution in [-0.2, 0) is 5.41 Å². The van der Waals surface area contributed by atoms with E-state index < -0.39 is 5.41 Å². The fourth-order valence-corrected chi connectivity index (χ4v) is 11.1. The number of benzene rings is 10.